The molecule has 1 aliphatic rings. The maximum Gasteiger partial charge on any atom is 0.410 e. The number of pyridine rings is 1. The number of para-hydroxylation sites is 1. The minimum atomic E-state index is -0.634. The summed E-state index contributed by atoms with van der Waals surface area (Å²) in [5.74, 6) is 1.34. The predicted molar refractivity (Wildman–Crippen MR) is 131 cm³/mol. The smallest absolute Gasteiger partial charge is 0.410 e. The maximum absolute atomic E-state index is 12.4. The van der Waals surface area contributed by atoms with Crippen LogP contribution < -0.4 is 15.2 Å². The number of aromatic nitrogens is 1. The second kappa shape index (κ2) is 10.0. The van der Waals surface area contributed by atoms with Crippen molar-refractivity contribution in [3.8, 4) is 23.1 Å². The predicted octanol–water partition coefficient (Wildman–Crippen LogP) is 5.49. The van der Waals surface area contributed by atoms with E-state index >= 15 is 0 Å². The zero-order valence-corrected chi connectivity index (χ0v) is 20.1. The molecule has 1 aromatic heterocycles. The number of carbonyl (C=O) groups is 2. The standard InChI is InChI=1S/C27H29N3O5/c1-27(2,3)35-26(32)30-16-15-18(17-30)23-14-13-22(24(28)31)25(29-23)34-21-11-9-20(10-12-21)33-19-7-5-4-6-8-19/h4-14,18H,15-17H2,1-3H3,(H2,28,31). The van der Waals surface area contributed by atoms with E-state index in [4.69, 9.17) is 19.9 Å². The molecule has 1 unspecified atom stereocenters. The Hall–Kier alpha value is -4.07. The molecule has 2 N–H and O–H groups in total. The molecule has 0 spiro atoms. The van der Waals surface area contributed by atoms with Crippen molar-refractivity contribution in [3.63, 3.8) is 0 Å². The number of benzene rings is 2. The number of amides is 2. The van der Waals surface area contributed by atoms with Gasteiger partial charge in [-0.1, -0.05) is 18.2 Å². The minimum Gasteiger partial charge on any atom is -0.457 e. The Morgan fingerprint density at radius 2 is 1.54 bits per heavy atom. The molecular formula is C27H29N3O5. The fraction of sp³-hybridized carbons (Fsp3) is 0.296. The van der Waals surface area contributed by atoms with Gasteiger partial charge in [0.15, 0.2) is 0 Å². The van der Waals surface area contributed by atoms with Crippen LogP contribution in [0.25, 0.3) is 0 Å². The molecule has 1 saturated heterocycles. The van der Waals surface area contributed by atoms with Crippen molar-refractivity contribution in [2.45, 2.75) is 38.7 Å². The first kappa shape index (κ1) is 24.1. The van der Waals surface area contributed by atoms with E-state index in [0.29, 0.717) is 24.6 Å². The van der Waals surface area contributed by atoms with Crippen LogP contribution in [-0.4, -0.2) is 40.6 Å². The monoisotopic (exact) mass is 475 g/mol. The third-order valence-electron chi connectivity index (χ3n) is 5.42. The van der Waals surface area contributed by atoms with Crippen LogP contribution in [-0.2, 0) is 4.74 Å². The van der Waals surface area contributed by atoms with Crippen molar-refractivity contribution in [1.82, 2.24) is 9.88 Å². The molecule has 3 aromatic rings. The highest BCUT2D eigenvalue weighted by Crippen LogP contribution is 2.32. The molecule has 8 nitrogen and oxygen atoms in total. The van der Waals surface area contributed by atoms with E-state index < -0.39 is 11.5 Å². The Morgan fingerprint density at radius 1 is 0.914 bits per heavy atom. The van der Waals surface area contributed by atoms with Crippen LogP contribution in [0.2, 0.25) is 0 Å². The van der Waals surface area contributed by atoms with Crippen LogP contribution in [0.1, 0.15) is 49.2 Å². The van der Waals surface area contributed by atoms with E-state index in [2.05, 4.69) is 4.98 Å². The summed E-state index contributed by atoms with van der Waals surface area (Å²) >= 11 is 0. The summed E-state index contributed by atoms with van der Waals surface area (Å²) in [5.41, 5.74) is 5.90. The van der Waals surface area contributed by atoms with Gasteiger partial charge in [0.2, 0.25) is 5.88 Å². The van der Waals surface area contributed by atoms with Gasteiger partial charge in [0, 0.05) is 24.7 Å². The zero-order valence-electron chi connectivity index (χ0n) is 20.1. The number of ether oxygens (including phenoxy) is 3. The lowest BCUT2D eigenvalue weighted by Crippen LogP contribution is -2.35. The third-order valence-corrected chi connectivity index (χ3v) is 5.42. The molecular weight excluding hydrogens is 446 g/mol. The Kier molecular flexibility index (Phi) is 6.91. The Morgan fingerprint density at radius 3 is 2.17 bits per heavy atom. The van der Waals surface area contributed by atoms with Crippen LogP contribution >= 0.6 is 0 Å². The summed E-state index contributed by atoms with van der Waals surface area (Å²) in [5, 5.41) is 0. The Labute approximate surface area is 204 Å². The fourth-order valence-electron chi connectivity index (χ4n) is 3.75. The molecule has 0 saturated carbocycles. The minimum absolute atomic E-state index is 0.00607. The molecule has 182 valence electrons. The molecule has 2 amide bonds. The normalized spacial score (nSPS) is 15.5. The lowest BCUT2D eigenvalue weighted by Gasteiger charge is -2.24. The molecule has 0 radical (unpaired) electrons. The van der Waals surface area contributed by atoms with Crippen molar-refractivity contribution in [1.29, 1.82) is 0 Å². The van der Waals surface area contributed by atoms with E-state index in [1.807, 2.05) is 51.1 Å². The lowest BCUT2D eigenvalue weighted by molar-refractivity contribution is 0.0292. The summed E-state index contributed by atoms with van der Waals surface area (Å²) in [6.07, 6.45) is 0.385. The van der Waals surface area contributed by atoms with Gasteiger partial charge in [-0.15, -0.1) is 0 Å². The van der Waals surface area contributed by atoms with Gasteiger partial charge in [-0.05, 0) is 75.7 Å². The van der Waals surface area contributed by atoms with Crippen LogP contribution in [0, 0.1) is 0 Å². The molecule has 1 atom stereocenters. The summed E-state index contributed by atoms with van der Waals surface area (Å²) in [4.78, 5) is 30.7. The molecule has 0 aliphatic carbocycles. The van der Waals surface area contributed by atoms with Gasteiger partial charge >= 0.3 is 6.09 Å². The van der Waals surface area contributed by atoms with E-state index in [0.717, 1.165) is 17.9 Å². The number of hydrogen-bond acceptors (Lipinski definition) is 6. The van der Waals surface area contributed by atoms with Gasteiger partial charge in [-0.25, -0.2) is 9.78 Å². The number of primary amides is 1. The average molecular weight is 476 g/mol. The summed E-state index contributed by atoms with van der Waals surface area (Å²) in [6, 6.07) is 19.8. The van der Waals surface area contributed by atoms with Crippen molar-refractivity contribution in [3.05, 3.63) is 78.0 Å². The third kappa shape index (κ3) is 6.29. The highest BCUT2D eigenvalue weighted by Gasteiger charge is 2.32. The zero-order chi connectivity index (χ0) is 25.0. The number of hydrogen-bond donors (Lipinski definition) is 1. The van der Waals surface area contributed by atoms with Crippen LogP contribution in [0.3, 0.4) is 0 Å². The number of nitrogens with zero attached hydrogens (tertiary/aromatic N) is 2. The fourth-order valence-corrected chi connectivity index (χ4v) is 3.75. The molecule has 2 heterocycles. The van der Waals surface area contributed by atoms with Crippen LogP contribution in [0.4, 0.5) is 4.79 Å². The van der Waals surface area contributed by atoms with Gasteiger partial charge in [0.25, 0.3) is 5.91 Å². The van der Waals surface area contributed by atoms with E-state index in [9.17, 15) is 9.59 Å². The molecule has 1 fully saturated rings. The molecule has 2 aromatic carbocycles. The Balaban J connectivity index is 1.48. The van der Waals surface area contributed by atoms with Crippen molar-refractivity contribution in [2.75, 3.05) is 13.1 Å². The number of nitrogens with two attached hydrogens (primary N) is 1. The first-order valence-electron chi connectivity index (χ1n) is 11.5. The average Bonchev–Trinajstić information content (AvgIpc) is 3.30. The number of carbonyl (C=O) groups excluding carboxylic acids is 2. The molecule has 4 rings (SSSR count). The van der Waals surface area contributed by atoms with Crippen LogP contribution in [0.5, 0.6) is 23.1 Å². The molecule has 35 heavy (non-hydrogen) atoms. The topological polar surface area (TPSA) is 104 Å². The van der Waals surface area contributed by atoms with Gasteiger partial charge in [0.1, 0.15) is 28.4 Å². The van der Waals surface area contributed by atoms with E-state index in [1.165, 1.54) is 0 Å². The van der Waals surface area contributed by atoms with Crippen molar-refractivity contribution in [2.24, 2.45) is 5.73 Å². The summed E-state index contributed by atoms with van der Waals surface area (Å²) < 4.78 is 17.2. The quantitative estimate of drug-likeness (QED) is 0.506. The lowest BCUT2D eigenvalue weighted by atomic mass is 10.0. The van der Waals surface area contributed by atoms with Crippen LogP contribution in [0.15, 0.2) is 66.7 Å². The maximum atomic E-state index is 12.4. The van der Waals surface area contributed by atoms with Crippen molar-refractivity contribution >= 4 is 12.0 Å². The molecule has 1 aliphatic heterocycles. The number of likely N-dealkylation sites (tertiary alicyclic amines) is 1. The Bertz CT molecular complexity index is 1190. The largest absolute Gasteiger partial charge is 0.457 e. The van der Waals surface area contributed by atoms with Gasteiger partial charge in [-0.3, -0.25) is 4.79 Å². The molecule has 0 bridgehead atoms. The van der Waals surface area contributed by atoms with Gasteiger partial charge in [0.05, 0.1) is 0 Å². The second-order valence-electron chi connectivity index (χ2n) is 9.35. The van der Waals surface area contributed by atoms with Gasteiger partial charge < -0.3 is 24.8 Å². The summed E-state index contributed by atoms with van der Waals surface area (Å²) in [7, 11) is 0. The highest BCUT2D eigenvalue weighted by molar-refractivity contribution is 5.95. The first-order chi connectivity index (χ1) is 16.7. The van der Waals surface area contributed by atoms with E-state index in [1.54, 1.807) is 41.3 Å². The van der Waals surface area contributed by atoms with Gasteiger partial charge in [-0.2, -0.15) is 0 Å². The van der Waals surface area contributed by atoms with Crippen molar-refractivity contribution < 1.29 is 23.8 Å². The second-order valence-corrected chi connectivity index (χ2v) is 9.35. The van der Waals surface area contributed by atoms with E-state index in [-0.39, 0.29) is 23.5 Å². The highest BCUT2D eigenvalue weighted by atomic mass is 16.6. The summed E-state index contributed by atoms with van der Waals surface area (Å²) in [6.45, 7) is 6.56. The number of rotatable bonds is 6. The first-order valence-corrected chi connectivity index (χ1v) is 11.5. The SMILES string of the molecule is CC(C)(C)OC(=O)N1CCC(c2ccc(C(N)=O)c(Oc3ccc(Oc4ccccc4)cc3)n2)C1. The molecule has 8 heteroatoms.